The Kier molecular flexibility index (Phi) is 9.97. The van der Waals surface area contributed by atoms with Gasteiger partial charge in [0.15, 0.2) is 6.79 Å². The smallest absolute Gasteiger partial charge is 0.189 e. The molecule has 0 aliphatic carbocycles. The highest BCUT2D eigenvalue weighted by atomic mass is 16.7. The molecule has 218 valence electrons. The van der Waals surface area contributed by atoms with Crippen molar-refractivity contribution in [1.82, 2.24) is 19.7 Å². The fourth-order valence-electron chi connectivity index (χ4n) is 4.73. The van der Waals surface area contributed by atoms with Gasteiger partial charge in [-0.2, -0.15) is 5.10 Å². The lowest BCUT2D eigenvalue weighted by atomic mass is 10.1. The summed E-state index contributed by atoms with van der Waals surface area (Å²) in [5.74, 6) is 1.25. The van der Waals surface area contributed by atoms with Crippen molar-refractivity contribution in [1.29, 1.82) is 0 Å². The van der Waals surface area contributed by atoms with Gasteiger partial charge in [-0.25, -0.2) is 9.67 Å². The molecule has 2 aromatic carbocycles. The minimum absolute atomic E-state index is 0.0359. The van der Waals surface area contributed by atoms with Gasteiger partial charge in [-0.05, 0) is 43.9 Å². The van der Waals surface area contributed by atoms with Gasteiger partial charge in [-0.3, -0.25) is 4.98 Å². The molecule has 11 heteroatoms. The van der Waals surface area contributed by atoms with Gasteiger partial charge < -0.3 is 33.7 Å². The van der Waals surface area contributed by atoms with Crippen LogP contribution in [0.2, 0.25) is 0 Å². The number of hydrogen-bond donors (Lipinski definition) is 1. The number of aliphatic hydroxyl groups is 1. The highest BCUT2D eigenvalue weighted by Gasteiger charge is 2.18. The van der Waals surface area contributed by atoms with Crippen molar-refractivity contribution < 1.29 is 28.8 Å². The number of anilines is 2. The molecule has 1 fully saturated rings. The second-order valence-corrected chi connectivity index (χ2v) is 9.72. The summed E-state index contributed by atoms with van der Waals surface area (Å²) in [7, 11) is 3.24. The van der Waals surface area contributed by atoms with Crippen LogP contribution in [0.5, 0.6) is 11.5 Å². The minimum atomic E-state index is -0.0359. The van der Waals surface area contributed by atoms with E-state index in [0.29, 0.717) is 37.7 Å². The first-order chi connectivity index (χ1) is 20.2. The van der Waals surface area contributed by atoms with Crippen LogP contribution in [-0.4, -0.2) is 78.8 Å². The van der Waals surface area contributed by atoms with E-state index in [9.17, 15) is 5.11 Å². The monoisotopic (exact) mass is 563 g/mol. The summed E-state index contributed by atoms with van der Waals surface area (Å²) in [4.78, 5) is 11.7. The Morgan fingerprint density at radius 2 is 1.93 bits per heavy atom. The average molecular weight is 564 g/mol. The summed E-state index contributed by atoms with van der Waals surface area (Å²) >= 11 is 0. The molecule has 0 amide bonds. The van der Waals surface area contributed by atoms with E-state index in [-0.39, 0.29) is 19.6 Å². The zero-order valence-electron chi connectivity index (χ0n) is 23.6. The normalized spacial score (nSPS) is 15.2. The summed E-state index contributed by atoms with van der Waals surface area (Å²) in [5, 5.41) is 14.2. The van der Waals surface area contributed by atoms with Crippen molar-refractivity contribution >= 4 is 22.4 Å². The van der Waals surface area contributed by atoms with Gasteiger partial charge >= 0.3 is 0 Å². The summed E-state index contributed by atoms with van der Waals surface area (Å²) in [6.07, 6.45) is 9.26. The van der Waals surface area contributed by atoms with Crippen molar-refractivity contribution in [2.45, 2.75) is 31.9 Å². The standard InChI is InChI=1S/C30H37N5O6/c1-37-12-13-39-21-41-26-15-24(14-25(17-26)38-2)34(9-5-10-36)23-7-8-27-28(16-23)33-29(19-31-27)22-18-32-35(20-22)30-6-3-4-11-40-30/h7-8,14-20,30,36H,3-6,9-13,21H2,1-2H3. The number of rotatable bonds is 14. The van der Waals surface area contributed by atoms with Crippen molar-refractivity contribution in [2.75, 3.05) is 58.9 Å². The van der Waals surface area contributed by atoms with E-state index in [4.69, 9.17) is 28.7 Å². The number of fused-ring (bicyclic) bond motifs is 1. The third kappa shape index (κ3) is 7.31. The fourth-order valence-corrected chi connectivity index (χ4v) is 4.73. The molecule has 3 heterocycles. The highest BCUT2D eigenvalue weighted by Crippen LogP contribution is 2.34. The Morgan fingerprint density at radius 3 is 2.73 bits per heavy atom. The molecular weight excluding hydrogens is 526 g/mol. The lowest BCUT2D eigenvalue weighted by molar-refractivity contribution is -0.0394. The third-order valence-electron chi connectivity index (χ3n) is 6.88. The van der Waals surface area contributed by atoms with Crippen molar-refractivity contribution in [2.24, 2.45) is 0 Å². The molecule has 1 aliphatic heterocycles. The molecule has 2 aromatic heterocycles. The molecule has 0 spiro atoms. The molecule has 1 atom stereocenters. The van der Waals surface area contributed by atoms with Gasteiger partial charge in [0.05, 0.1) is 49.4 Å². The number of ether oxygens (including phenoxy) is 5. The predicted molar refractivity (Wildman–Crippen MR) is 155 cm³/mol. The Morgan fingerprint density at radius 1 is 1.02 bits per heavy atom. The largest absolute Gasteiger partial charge is 0.497 e. The van der Waals surface area contributed by atoms with Crippen LogP contribution in [0.15, 0.2) is 55.0 Å². The molecule has 11 nitrogen and oxygen atoms in total. The number of nitrogens with zero attached hydrogens (tertiary/aromatic N) is 5. The molecule has 1 unspecified atom stereocenters. The molecule has 5 rings (SSSR count). The summed E-state index contributed by atoms with van der Waals surface area (Å²) < 4.78 is 29.6. The summed E-state index contributed by atoms with van der Waals surface area (Å²) in [5.41, 5.74) is 4.91. The molecule has 0 radical (unpaired) electrons. The van der Waals surface area contributed by atoms with Gasteiger partial charge in [0.25, 0.3) is 0 Å². The molecule has 0 saturated carbocycles. The van der Waals surface area contributed by atoms with Crippen LogP contribution in [-0.2, 0) is 14.2 Å². The quantitative estimate of drug-likeness (QED) is 0.171. The van der Waals surface area contributed by atoms with E-state index in [2.05, 4.69) is 15.0 Å². The van der Waals surface area contributed by atoms with Gasteiger partial charge in [-0.15, -0.1) is 0 Å². The van der Waals surface area contributed by atoms with E-state index in [1.165, 1.54) is 0 Å². The van der Waals surface area contributed by atoms with Crippen LogP contribution >= 0.6 is 0 Å². The number of benzene rings is 2. The average Bonchev–Trinajstić information content (AvgIpc) is 3.52. The zero-order chi connectivity index (χ0) is 28.4. The summed E-state index contributed by atoms with van der Waals surface area (Å²) in [6, 6.07) is 11.6. The first kappa shape index (κ1) is 28.7. The molecule has 4 aromatic rings. The molecule has 1 saturated heterocycles. The Balaban J connectivity index is 1.42. The van der Waals surface area contributed by atoms with Crippen molar-refractivity contribution in [3.63, 3.8) is 0 Å². The Hall–Kier alpha value is -3.77. The number of methoxy groups -OCH3 is 2. The number of aromatic nitrogens is 4. The molecule has 1 aliphatic rings. The summed E-state index contributed by atoms with van der Waals surface area (Å²) in [6.45, 7) is 2.40. The first-order valence-corrected chi connectivity index (χ1v) is 13.9. The lowest BCUT2D eigenvalue weighted by Crippen LogP contribution is -2.19. The van der Waals surface area contributed by atoms with Crippen molar-refractivity contribution in [3.8, 4) is 22.8 Å². The first-order valence-electron chi connectivity index (χ1n) is 13.9. The van der Waals surface area contributed by atoms with Crippen LogP contribution in [0.4, 0.5) is 11.4 Å². The van der Waals surface area contributed by atoms with Crippen LogP contribution in [0, 0.1) is 0 Å². The predicted octanol–water partition coefficient (Wildman–Crippen LogP) is 4.72. The highest BCUT2D eigenvalue weighted by molar-refractivity contribution is 5.82. The Bertz CT molecular complexity index is 1410. The maximum absolute atomic E-state index is 9.64. The lowest BCUT2D eigenvalue weighted by Gasteiger charge is -2.26. The second kappa shape index (κ2) is 14.2. The van der Waals surface area contributed by atoms with Gasteiger partial charge in [0.2, 0.25) is 0 Å². The topological polar surface area (TPSA) is 113 Å². The molecule has 0 bridgehead atoms. The minimum Gasteiger partial charge on any atom is -0.497 e. The van der Waals surface area contributed by atoms with Gasteiger partial charge in [-0.1, -0.05) is 0 Å². The third-order valence-corrected chi connectivity index (χ3v) is 6.88. The zero-order valence-corrected chi connectivity index (χ0v) is 23.6. The van der Waals surface area contributed by atoms with E-state index in [1.54, 1.807) is 20.4 Å². The van der Waals surface area contributed by atoms with E-state index >= 15 is 0 Å². The second-order valence-electron chi connectivity index (χ2n) is 9.72. The Labute approximate surface area is 239 Å². The fraction of sp³-hybridized carbons (Fsp3) is 0.433. The van der Waals surface area contributed by atoms with Crippen molar-refractivity contribution in [3.05, 3.63) is 55.0 Å². The van der Waals surface area contributed by atoms with E-state index in [1.807, 2.05) is 53.5 Å². The number of hydrogen-bond acceptors (Lipinski definition) is 10. The molecular formula is C30H37N5O6. The van der Waals surface area contributed by atoms with E-state index in [0.717, 1.165) is 59.5 Å². The molecule has 41 heavy (non-hydrogen) atoms. The van der Waals surface area contributed by atoms with E-state index < -0.39 is 0 Å². The maximum Gasteiger partial charge on any atom is 0.189 e. The SMILES string of the molecule is COCCOCOc1cc(OC)cc(N(CCCO)c2ccc3ncc(-c4cnn(C5CCCCO5)c4)nc3c2)c1. The van der Waals surface area contributed by atoms with Crippen LogP contribution in [0.25, 0.3) is 22.3 Å². The molecule has 1 N–H and O–H groups in total. The van der Waals surface area contributed by atoms with Crippen LogP contribution in [0.1, 0.15) is 31.9 Å². The van der Waals surface area contributed by atoms with Gasteiger partial charge in [0, 0.05) is 68.2 Å². The van der Waals surface area contributed by atoms with Crippen LogP contribution in [0.3, 0.4) is 0 Å². The van der Waals surface area contributed by atoms with Crippen LogP contribution < -0.4 is 14.4 Å². The maximum atomic E-state index is 9.64. The van der Waals surface area contributed by atoms with Gasteiger partial charge in [0.1, 0.15) is 17.7 Å². The number of aliphatic hydroxyl groups excluding tert-OH is 1.